The molecule has 0 spiro atoms. The van der Waals surface area contributed by atoms with E-state index in [0.717, 1.165) is 29.7 Å². The van der Waals surface area contributed by atoms with Crippen molar-refractivity contribution < 1.29 is 14.2 Å². The van der Waals surface area contributed by atoms with E-state index in [1.165, 1.54) is 13.2 Å². The Balaban J connectivity index is 1.69. The van der Waals surface area contributed by atoms with E-state index in [1.54, 1.807) is 30.6 Å². The van der Waals surface area contributed by atoms with Gasteiger partial charge in [0.2, 0.25) is 5.95 Å². The molecule has 2 aromatic heterocycles. The molecule has 4 rings (SSSR count). The third-order valence-electron chi connectivity index (χ3n) is 5.27. The highest BCUT2D eigenvalue weighted by Crippen LogP contribution is 2.39. The highest BCUT2D eigenvalue weighted by Gasteiger charge is 2.35. The number of benzene rings is 1. The predicted molar refractivity (Wildman–Crippen MR) is 104 cm³/mol. The molecule has 1 unspecified atom stereocenters. The van der Waals surface area contributed by atoms with Crippen molar-refractivity contribution in [2.24, 2.45) is 0 Å². The maximum atomic E-state index is 14.2. The maximum absolute atomic E-state index is 14.2. The molecule has 1 aliphatic carbocycles. The molecule has 0 saturated heterocycles. The summed E-state index contributed by atoms with van der Waals surface area (Å²) in [7, 11) is 1.48. The Morgan fingerprint density at radius 1 is 1.29 bits per heavy atom. The normalized spacial score (nSPS) is 18.0. The topological polar surface area (TPSA) is 80.2 Å². The van der Waals surface area contributed by atoms with E-state index in [2.05, 4.69) is 20.3 Å². The molecule has 1 atom stereocenters. The third-order valence-corrected chi connectivity index (χ3v) is 5.27. The molecule has 0 amide bonds. The first kappa shape index (κ1) is 18.3. The van der Waals surface area contributed by atoms with Crippen LogP contribution in [0, 0.1) is 5.82 Å². The van der Waals surface area contributed by atoms with Crippen molar-refractivity contribution >= 4 is 11.6 Å². The number of para-hydroxylation sites is 1. The summed E-state index contributed by atoms with van der Waals surface area (Å²) in [6.07, 6.45) is 5.11. The van der Waals surface area contributed by atoms with E-state index in [0.29, 0.717) is 11.4 Å². The number of ether oxygens (including phenoxy) is 1. The highest BCUT2D eigenvalue weighted by molar-refractivity contribution is 5.66. The first-order valence-electron chi connectivity index (χ1n) is 9.07. The number of pyridine rings is 1. The number of nitrogens with one attached hydrogen (secondary N) is 1. The Morgan fingerprint density at radius 2 is 2.14 bits per heavy atom. The molecule has 0 bridgehead atoms. The summed E-state index contributed by atoms with van der Waals surface area (Å²) in [5.41, 5.74) is 3.45. The molecular formula is C21H21FN4O2. The van der Waals surface area contributed by atoms with Crippen LogP contribution >= 0.6 is 0 Å². The number of hydrogen-bond donors (Lipinski definition) is 2. The smallest absolute Gasteiger partial charge is 0.227 e. The average molecular weight is 380 g/mol. The van der Waals surface area contributed by atoms with Gasteiger partial charge in [-0.15, -0.1) is 0 Å². The van der Waals surface area contributed by atoms with Gasteiger partial charge in [0, 0.05) is 29.1 Å². The van der Waals surface area contributed by atoms with Crippen molar-refractivity contribution in [2.45, 2.75) is 25.2 Å². The lowest BCUT2D eigenvalue weighted by Gasteiger charge is -2.22. The fraction of sp³-hybridized carbons (Fsp3) is 0.286. The molecule has 2 heterocycles. The summed E-state index contributed by atoms with van der Waals surface area (Å²) < 4.78 is 19.4. The Hall–Kier alpha value is -3.06. The fourth-order valence-corrected chi connectivity index (χ4v) is 3.54. The Morgan fingerprint density at radius 3 is 2.93 bits per heavy atom. The number of methoxy groups -OCH3 is 1. The summed E-state index contributed by atoms with van der Waals surface area (Å²) in [6.45, 7) is 2.12. The minimum atomic E-state index is -0.453. The zero-order chi connectivity index (χ0) is 19.7. The second-order valence-corrected chi connectivity index (χ2v) is 7.14. The van der Waals surface area contributed by atoms with Crippen LogP contribution < -0.4 is 10.1 Å². The van der Waals surface area contributed by atoms with E-state index >= 15 is 0 Å². The molecule has 3 aromatic rings. The molecule has 144 valence electrons. The molecule has 2 N–H and O–H groups in total. The van der Waals surface area contributed by atoms with E-state index in [4.69, 9.17) is 4.74 Å². The van der Waals surface area contributed by atoms with Crippen molar-refractivity contribution in [1.29, 1.82) is 0 Å². The number of aromatic nitrogens is 3. The second-order valence-electron chi connectivity index (χ2n) is 7.14. The quantitative estimate of drug-likeness (QED) is 0.704. The first-order chi connectivity index (χ1) is 13.5. The third kappa shape index (κ3) is 3.18. The van der Waals surface area contributed by atoms with Crippen LogP contribution in [0.25, 0.3) is 11.3 Å². The molecule has 1 aliphatic rings. The van der Waals surface area contributed by atoms with E-state index in [1.807, 2.05) is 13.0 Å². The monoisotopic (exact) mass is 380 g/mol. The van der Waals surface area contributed by atoms with Crippen molar-refractivity contribution in [2.75, 3.05) is 19.0 Å². The minimum Gasteiger partial charge on any atom is -0.494 e. The number of aryl methyl sites for hydroxylation is 1. The van der Waals surface area contributed by atoms with Crippen LogP contribution in [0.4, 0.5) is 16.0 Å². The minimum absolute atomic E-state index is 0.0782. The summed E-state index contributed by atoms with van der Waals surface area (Å²) >= 11 is 0. The van der Waals surface area contributed by atoms with E-state index in [9.17, 15) is 9.50 Å². The van der Waals surface area contributed by atoms with Crippen LogP contribution in [0.5, 0.6) is 5.75 Å². The molecular weight excluding hydrogens is 359 g/mol. The van der Waals surface area contributed by atoms with Crippen molar-refractivity contribution in [1.82, 2.24) is 15.0 Å². The molecule has 28 heavy (non-hydrogen) atoms. The van der Waals surface area contributed by atoms with Crippen LogP contribution in [0.15, 0.2) is 42.7 Å². The lowest BCUT2D eigenvalue weighted by atomic mass is 9.85. The summed E-state index contributed by atoms with van der Waals surface area (Å²) in [5, 5.41) is 12.7. The zero-order valence-corrected chi connectivity index (χ0v) is 15.7. The maximum Gasteiger partial charge on any atom is 0.227 e. The number of halogens is 1. The number of nitrogens with zero attached hydrogens (tertiary/aromatic N) is 3. The van der Waals surface area contributed by atoms with Gasteiger partial charge in [0.25, 0.3) is 0 Å². The van der Waals surface area contributed by atoms with E-state index < -0.39 is 5.82 Å². The molecule has 0 aliphatic heterocycles. The fourth-order valence-electron chi connectivity index (χ4n) is 3.54. The van der Waals surface area contributed by atoms with Crippen molar-refractivity contribution in [3.8, 4) is 17.0 Å². The number of anilines is 2. The Bertz CT molecular complexity index is 1030. The molecule has 0 radical (unpaired) electrons. The highest BCUT2D eigenvalue weighted by atomic mass is 19.1. The van der Waals surface area contributed by atoms with Crippen LogP contribution in [0.1, 0.15) is 24.6 Å². The number of rotatable bonds is 5. The van der Waals surface area contributed by atoms with Gasteiger partial charge in [-0.05, 0) is 42.7 Å². The number of hydrogen-bond acceptors (Lipinski definition) is 6. The van der Waals surface area contributed by atoms with Gasteiger partial charge in [-0.3, -0.25) is 4.98 Å². The first-order valence-corrected chi connectivity index (χ1v) is 9.07. The van der Waals surface area contributed by atoms with Gasteiger partial charge < -0.3 is 15.2 Å². The SMILES string of the molecule is COc1cccc(F)c1Nc1nccc(-c2cnc3c(c2)C(C)(CO)CC3)n1. The zero-order valence-electron chi connectivity index (χ0n) is 15.7. The van der Waals surface area contributed by atoms with E-state index in [-0.39, 0.29) is 23.7 Å². The van der Waals surface area contributed by atoms with Crippen LogP contribution in [-0.4, -0.2) is 33.8 Å². The Kier molecular flexibility index (Phi) is 4.68. The van der Waals surface area contributed by atoms with Crippen molar-refractivity contribution in [3.63, 3.8) is 0 Å². The van der Waals surface area contributed by atoms with Crippen LogP contribution in [-0.2, 0) is 11.8 Å². The largest absolute Gasteiger partial charge is 0.494 e. The van der Waals surface area contributed by atoms with Gasteiger partial charge in [-0.1, -0.05) is 13.0 Å². The van der Waals surface area contributed by atoms with Crippen LogP contribution in [0.2, 0.25) is 0 Å². The standard InChI is InChI=1S/C21H21FN4O2/c1-21(12-27)8-6-17-14(21)10-13(11-24-17)16-7-9-23-20(25-16)26-19-15(22)4-3-5-18(19)28-2/h3-5,7,9-11,27H,6,8,12H2,1-2H3,(H,23,25,26). The molecule has 7 heteroatoms. The molecule has 1 aromatic carbocycles. The molecule has 0 fully saturated rings. The summed E-state index contributed by atoms with van der Waals surface area (Å²) in [4.78, 5) is 13.3. The van der Waals surface area contributed by atoms with Gasteiger partial charge in [0.05, 0.1) is 19.4 Å². The Labute approximate surface area is 162 Å². The van der Waals surface area contributed by atoms with Gasteiger partial charge in [-0.2, -0.15) is 0 Å². The summed E-state index contributed by atoms with van der Waals surface area (Å²) in [6, 6.07) is 8.38. The van der Waals surface area contributed by atoms with Gasteiger partial charge >= 0.3 is 0 Å². The average Bonchev–Trinajstić information content (AvgIpc) is 3.06. The summed E-state index contributed by atoms with van der Waals surface area (Å²) in [5.74, 6) is 0.171. The van der Waals surface area contributed by atoms with Gasteiger partial charge in [0.1, 0.15) is 11.4 Å². The van der Waals surface area contributed by atoms with Gasteiger partial charge in [-0.25, -0.2) is 14.4 Å². The molecule has 6 nitrogen and oxygen atoms in total. The van der Waals surface area contributed by atoms with Crippen LogP contribution in [0.3, 0.4) is 0 Å². The number of fused-ring (bicyclic) bond motifs is 1. The van der Waals surface area contributed by atoms with Gasteiger partial charge in [0.15, 0.2) is 5.82 Å². The predicted octanol–water partition coefficient (Wildman–Crippen LogP) is 3.63. The lowest BCUT2D eigenvalue weighted by Crippen LogP contribution is -2.23. The molecule has 0 saturated carbocycles. The second kappa shape index (κ2) is 7.16. The number of aliphatic hydroxyl groups is 1. The van der Waals surface area contributed by atoms with Crippen molar-refractivity contribution in [3.05, 3.63) is 59.8 Å². The lowest BCUT2D eigenvalue weighted by molar-refractivity contribution is 0.206. The number of aliphatic hydroxyl groups excluding tert-OH is 1.